The van der Waals surface area contributed by atoms with Gasteiger partial charge in [0.15, 0.2) is 0 Å². The number of hydrogen-bond acceptors (Lipinski definition) is 3. The van der Waals surface area contributed by atoms with Gasteiger partial charge in [0.1, 0.15) is 5.75 Å². The van der Waals surface area contributed by atoms with Crippen molar-refractivity contribution in [1.82, 2.24) is 5.32 Å². The smallest absolute Gasteiger partial charge is 0.119 e. The molecule has 1 aliphatic carbocycles. The van der Waals surface area contributed by atoms with E-state index in [4.69, 9.17) is 4.74 Å². The van der Waals surface area contributed by atoms with Crippen LogP contribution in [0.3, 0.4) is 0 Å². The van der Waals surface area contributed by atoms with E-state index < -0.39 is 5.60 Å². The Morgan fingerprint density at radius 3 is 2.68 bits per heavy atom. The standard InChI is InChI=1S/C16H23NO2/c1-2-12-11-17-10-9-16(12,18)13-3-5-14(6-4-13)19-15-7-8-15/h3-6,12,15,17-18H,2,7-11H2,1H3. The Balaban J connectivity index is 1.78. The molecule has 0 bridgehead atoms. The molecule has 0 spiro atoms. The second kappa shape index (κ2) is 5.14. The molecule has 1 saturated carbocycles. The van der Waals surface area contributed by atoms with Gasteiger partial charge in [-0.15, -0.1) is 0 Å². The van der Waals surface area contributed by atoms with E-state index in [0.717, 1.165) is 37.2 Å². The lowest BCUT2D eigenvalue weighted by Gasteiger charge is -2.40. The van der Waals surface area contributed by atoms with Crippen molar-refractivity contribution >= 4 is 0 Å². The van der Waals surface area contributed by atoms with Crippen molar-refractivity contribution in [2.24, 2.45) is 5.92 Å². The van der Waals surface area contributed by atoms with Crippen molar-refractivity contribution in [1.29, 1.82) is 0 Å². The number of aliphatic hydroxyl groups is 1. The molecule has 1 aliphatic heterocycles. The molecule has 0 aromatic heterocycles. The fourth-order valence-electron chi connectivity index (χ4n) is 2.99. The third-order valence-electron chi connectivity index (χ3n) is 4.42. The van der Waals surface area contributed by atoms with Gasteiger partial charge >= 0.3 is 0 Å². The highest BCUT2D eigenvalue weighted by Crippen LogP contribution is 2.37. The number of benzene rings is 1. The van der Waals surface area contributed by atoms with Gasteiger partial charge in [0.25, 0.3) is 0 Å². The predicted molar refractivity (Wildman–Crippen MR) is 75.3 cm³/mol. The van der Waals surface area contributed by atoms with E-state index >= 15 is 0 Å². The summed E-state index contributed by atoms with van der Waals surface area (Å²) in [4.78, 5) is 0. The maximum absolute atomic E-state index is 11.0. The maximum Gasteiger partial charge on any atom is 0.119 e. The summed E-state index contributed by atoms with van der Waals surface area (Å²) in [6, 6.07) is 8.07. The summed E-state index contributed by atoms with van der Waals surface area (Å²) in [7, 11) is 0. The fraction of sp³-hybridized carbons (Fsp3) is 0.625. The highest BCUT2D eigenvalue weighted by atomic mass is 16.5. The van der Waals surface area contributed by atoms with Crippen molar-refractivity contribution in [2.75, 3.05) is 13.1 Å². The second-order valence-corrected chi connectivity index (χ2v) is 5.83. The van der Waals surface area contributed by atoms with Crippen LogP contribution in [0.4, 0.5) is 0 Å². The largest absolute Gasteiger partial charge is 0.490 e. The summed E-state index contributed by atoms with van der Waals surface area (Å²) in [5.74, 6) is 1.22. The van der Waals surface area contributed by atoms with Crippen LogP contribution in [0, 0.1) is 5.92 Å². The van der Waals surface area contributed by atoms with Gasteiger partial charge in [0, 0.05) is 12.5 Å². The zero-order valence-corrected chi connectivity index (χ0v) is 11.6. The third-order valence-corrected chi connectivity index (χ3v) is 4.42. The van der Waals surface area contributed by atoms with Crippen LogP contribution in [0.25, 0.3) is 0 Å². The first-order chi connectivity index (χ1) is 9.22. The molecule has 1 aromatic rings. The molecule has 3 nitrogen and oxygen atoms in total. The van der Waals surface area contributed by atoms with E-state index in [0.29, 0.717) is 6.10 Å². The average Bonchev–Trinajstić information content (AvgIpc) is 3.24. The van der Waals surface area contributed by atoms with Crippen LogP contribution < -0.4 is 10.1 Å². The first-order valence-electron chi connectivity index (χ1n) is 7.42. The van der Waals surface area contributed by atoms with Crippen molar-refractivity contribution in [3.8, 4) is 5.75 Å². The predicted octanol–water partition coefficient (Wildman–Crippen LogP) is 2.43. The third kappa shape index (κ3) is 2.63. The molecule has 104 valence electrons. The molecule has 2 N–H and O–H groups in total. The minimum absolute atomic E-state index is 0.288. The summed E-state index contributed by atoms with van der Waals surface area (Å²) < 4.78 is 5.76. The minimum Gasteiger partial charge on any atom is -0.490 e. The van der Waals surface area contributed by atoms with Gasteiger partial charge in [0.05, 0.1) is 11.7 Å². The lowest BCUT2D eigenvalue weighted by molar-refractivity contribution is -0.0478. The zero-order chi connectivity index (χ0) is 13.3. The van der Waals surface area contributed by atoms with Gasteiger partial charge in [-0.2, -0.15) is 0 Å². The molecule has 1 saturated heterocycles. The molecular formula is C16H23NO2. The lowest BCUT2D eigenvalue weighted by atomic mass is 9.75. The highest BCUT2D eigenvalue weighted by Gasteiger charge is 2.39. The maximum atomic E-state index is 11.0. The monoisotopic (exact) mass is 261 g/mol. The van der Waals surface area contributed by atoms with Crippen LogP contribution in [-0.4, -0.2) is 24.3 Å². The van der Waals surface area contributed by atoms with Gasteiger partial charge in [0.2, 0.25) is 0 Å². The summed E-state index contributed by atoms with van der Waals surface area (Å²) in [6.07, 6.45) is 4.55. The second-order valence-electron chi connectivity index (χ2n) is 5.83. The number of piperidine rings is 1. The molecule has 2 atom stereocenters. The molecule has 1 aromatic carbocycles. The molecule has 2 unspecified atom stereocenters. The summed E-state index contributed by atoms with van der Waals surface area (Å²) in [5, 5.41) is 14.4. The van der Waals surface area contributed by atoms with Crippen LogP contribution in [0.5, 0.6) is 5.75 Å². The van der Waals surface area contributed by atoms with E-state index in [1.165, 1.54) is 12.8 Å². The Bertz CT molecular complexity index is 427. The van der Waals surface area contributed by atoms with E-state index in [2.05, 4.69) is 12.2 Å². The van der Waals surface area contributed by atoms with E-state index in [1.54, 1.807) is 0 Å². The normalized spacial score (nSPS) is 31.2. The van der Waals surface area contributed by atoms with Crippen LogP contribution >= 0.6 is 0 Å². The van der Waals surface area contributed by atoms with Crippen molar-refractivity contribution < 1.29 is 9.84 Å². The first kappa shape index (κ1) is 12.9. The van der Waals surface area contributed by atoms with Gasteiger partial charge in [-0.25, -0.2) is 0 Å². The Morgan fingerprint density at radius 1 is 1.32 bits per heavy atom. The summed E-state index contributed by atoms with van der Waals surface area (Å²) >= 11 is 0. The SMILES string of the molecule is CCC1CNCCC1(O)c1ccc(OC2CC2)cc1. The van der Waals surface area contributed by atoms with Crippen LogP contribution in [0.15, 0.2) is 24.3 Å². The summed E-state index contributed by atoms with van der Waals surface area (Å²) in [6.45, 7) is 3.92. The number of rotatable bonds is 4. The Hall–Kier alpha value is -1.06. The van der Waals surface area contributed by atoms with E-state index in [9.17, 15) is 5.11 Å². The van der Waals surface area contributed by atoms with Crippen molar-refractivity contribution in [3.63, 3.8) is 0 Å². The van der Waals surface area contributed by atoms with Gasteiger partial charge < -0.3 is 15.2 Å². The molecule has 2 aliphatic rings. The van der Waals surface area contributed by atoms with Crippen LogP contribution in [0.1, 0.15) is 38.2 Å². The van der Waals surface area contributed by atoms with Gasteiger partial charge in [-0.3, -0.25) is 0 Å². The number of ether oxygens (including phenoxy) is 1. The molecular weight excluding hydrogens is 238 g/mol. The van der Waals surface area contributed by atoms with E-state index in [-0.39, 0.29) is 5.92 Å². The Morgan fingerprint density at radius 2 is 2.05 bits per heavy atom. The average molecular weight is 261 g/mol. The molecule has 3 rings (SSSR count). The van der Waals surface area contributed by atoms with Gasteiger partial charge in [-0.1, -0.05) is 19.1 Å². The Labute approximate surface area is 115 Å². The van der Waals surface area contributed by atoms with Crippen LogP contribution in [-0.2, 0) is 5.60 Å². The summed E-state index contributed by atoms with van der Waals surface area (Å²) in [5.41, 5.74) is 0.349. The van der Waals surface area contributed by atoms with Crippen molar-refractivity contribution in [3.05, 3.63) is 29.8 Å². The highest BCUT2D eigenvalue weighted by molar-refractivity contribution is 5.32. The first-order valence-corrected chi connectivity index (χ1v) is 7.42. The van der Waals surface area contributed by atoms with Gasteiger partial charge in [-0.05, 0) is 49.9 Å². The minimum atomic E-state index is -0.682. The zero-order valence-electron chi connectivity index (χ0n) is 11.6. The van der Waals surface area contributed by atoms with E-state index in [1.807, 2.05) is 24.3 Å². The Kier molecular flexibility index (Phi) is 3.50. The topological polar surface area (TPSA) is 41.5 Å². The fourth-order valence-corrected chi connectivity index (χ4v) is 2.99. The lowest BCUT2D eigenvalue weighted by Crippen LogP contribution is -2.47. The molecule has 3 heteroatoms. The van der Waals surface area contributed by atoms with Crippen molar-refractivity contribution in [2.45, 2.75) is 44.3 Å². The molecule has 19 heavy (non-hydrogen) atoms. The molecule has 0 amide bonds. The molecule has 0 radical (unpaired) electrons. The molecule has 1 heterocycles. The molecule has 2 fully saturated rings. The number of hydrogen-bond donors (Lipinski definition) is 2. The van der Waals surface area contributed by atoms with Crippen LogP contribution in [0.2, 0.25) is 0 Å². The number of nitrogens with one attached hydrogen (secondary N) is 1. The quantitative estimate of drug-likeness (QED) is 0.874.